The SMILES string of the molecule is COCCN1C(=S)N[C@@H](c2ccccn2)[C@@H]1c1cc(C)n(-c2ccccn2)c1C. The Kier molecular flexibility index (Phi) is 5.60. The highest BCUT2D eigenvalue weighted by atomic mass is 32.1. The average Bonchev–Trinajstić information content (AvgIpc) is 3.23. The van der Waals surface area contributed by atoms with E-state index in [0.29, 0.717) is 13.2 Å². The molecule has 0 bridgehead atoms. The molecule has 0 saturated carbocycles. The number of nitrogens with zero attached hydrogens (tertiary/aromatic N) is 4. The van der Waals surface area contributed by atoms with Crippen molar-refractivity contribution < 1.29 is 4.74 Å². The van der Waals surface area contributed by atoms with Gasteiger partial charge in [-0.05, 0) is 62.0 Å². The molecule has 3 aromatic heterocycles. The maximum Gasteiger partial charge on any atom is 0.170 e. The Morgan fingerprint density at radius 2 is 1.86 bits per heavy atom. The molecule has 1 aliphatic rings. The third-order valence-corrected chi connectivity index (χ3v) is 5.75. The lowest BCUT2D eigenvalue weighted by atomic mass is 9.97. The lowest BCUT2D eigenvalue weighted by Crippen LogP contribution is -2.32. The van der Waals surface area contributed by atoms with E-state index in [1.54, 1.807) is 7.11 Å². The first-order valence-electron chi connectivity index (χ1n) is 9.69. The number of ether oxygens (including phenoxy) is 1. The van der Waals surface area contributed by atoms with Gasteiger partial charge in [0.15, 0.2) is 5.11 Å². The minimum Gasteiger partial charge on any atom is -0.383 e. The van der Waals surface area contributed by atoms with Gasteiger partial charge >= 0.3 is 0 Å². The number of hydrogen-bond donors (Lipinski definition) is 1. The van der Waals surface area contributed by atoms with Gasteiger partial charge in [0.05, 0.1) is 24.4 Å². The Morgan fingerprint density at radius 3 is 2.52 bits per heavy atom. The maximum absolute atomic E-state index is 5.70. The van der Waals surface area contributed by atoms with Crippen LogP contribution in [0.4, 0.5) is 0 Å². The normalized spacial score (nSPS) is 18.9. The molecule has 1 N–H and O–H groups in total. The predicted molar refractivity (Wildman–Crippen MR) is 117 cm³/mol. The van der Waals surface area contributed by atoms with Crippen LogP contribution in [-0.2, 0) is 4.74 Å². The van der Waals surface area contributed by atoms with E-state index in [1.165, 1.54) is 5.56 Å². The van der Waals surface area contributed by atoms with E-state index in [0.717, 1.165) is 28.0 Å². The molecule has 6 nitrogen and oxygen atoms in total. The molecule has 150 valence electrons. The zero-order valence-electron chi connectivity index (χ0n) is 16.9. The summed E-state index contributed by atoms with van der Waals surface area (Å²) in [5, 5.41) is 4.22. The van der Waals surface area contributed by atoms with Crippen LogP contribution in [0.1, 0.15) is 34.7 Å². The number of aromatic nitrogens is 3. The first-order valence-corrected chi connectivity index (χ1v) is 10.1. The van der Waals surface area contributed by atoms with Crippen LogP contribution in [0.25, 0.3) is 5.82 Å². The summed E-state index contributed by atoms with van der Waals surface area (Å²) < 4.78 is 7.54. The number of aryl methyl sites for hydroxylation is 1. The maximum atomic E-state index is 5.70. The first-order chi connectivity index (χ1) is 14.1. The van der Waals surface area contributed by atoms with E-state index in [-0.39, 0.29) is 12.1 Å². The number of nitrogens with one attached hydrogen (secondary N) is 1. The zero-order chi connectivity index (χ0) is 20.4. The molecule has 2 atom stereocenters. The fourth-order valence-corrected chi connectivity index (χ4v) is 4.43. The van der Waals surface area contributed by atoms with Gasteiger partial charge in [-0.25, -0.2) is 4.98 Å². The Labute approximate surface area is 176 Å². The molecular formula is C22H25N5OS. The van der Waals surface area contributed by atoms with Gasteiger partial charge in [-0.2, -0.15) is 0 Å². The largest absolute Gasteiger partial charge is 0.383 e. The van der Waals surface area contributed by atoms with E-state index in [2.05, 4.69) is 44.7 Å². The van der Waals surface area contributed by atoms with E-state index < -0.39 is 0 Å². The Morgan fingerprint density at radius 1 is 1.10 bits per heavy atom. The second-order valence-electron chi connectivity index (χ2n) is 7.16. The summed E-state index contributed by atoms with van der Waals surface area (Å²) in [5.74, 6) is 0.917. The molecule has 1 aliphatic heterocycles. The standard InChI is InChI=1S/C22H25N5OS/c1-15-14-17(16(2)27(15)19-9-5-7-11-24-19)21-20(18-8-4-6-10-23-18)25-22(29)26(21)12-13-28-3/h4-11,14,20-21H,12-13H2,1-3H3,(H,25,29)/t20-,21-/m0/s1. The predicted octanol–water partition coefficient (Wildman–Crippen LogP) is 3.50. The highest BCUT2D eigenvalue weighted by Gasteiger charge is 2.41. The Bertz CT molecular complexity index is 989. The molecular weight excluding hydrogens is 382 g/mol. The molecule has 4 rings (SSSR count). The molecule has 0 amide bonds. The molecule has 0 aromatic carbocycles. The highest BCUT2D eigenvalue weighted by Crippen LogP contribution is 2.41. The van der Waals surface area contributed by atoms with Gasteiger partial charge in [-0.1, -0.05) is 12.1 Å². The summed E-state index contributed by atoms with van der Waals surface area (Å²) in [6, 6.07) is 14.2. The summed E-state index contributed by atoms with van der Waals surface area (Å²) in [4.78, 5) is 11.4. The van der Waals surface area contributed by atoms with Crippen molar-refractivity contribution in [3.05, 3.63) is 77.5 Å². The number of rotatable bonds is 6. The minimum absolute atomic E-state index is 0.0243. The Hall–Kier alpha value is -2.77. The molecule has 29 heavy (non-hydrogen) atoms. The van der Waals surface area contributed by atoms with Crippen LogP contribution < -0.4 is 5.32 Å². The number of methoxy groups -OCH3 is 1. The van der Waals surface area contributed by atoms with Crippen molar-refractivity contribution in [3.8, 4) is 5.82 Å². The molecule has 0 radical (unpaired) electrons. The summed E-state index contributed by atoms with van der Waals surface area (Å²) >= 11 is 5.70. The van der Waals surface area contributed by atoms with Gasteiger partial charge in [0, 0.05) is 37.4 Å². The smallest absolute Gasteiger partial charge is 0.170 e. The zero-order valence-corrected chi connectivity index (χ0v) is 17.7. The second kappa shape index (κ2) is 8.31. The van der Waals surface area contributed by atoms with Gasteiger partial charge in [0.25, 0.3) is 0 Å². The fraction of sp³-hybridized carbons (Fsp3) is 0.318. The molecule has 0 unspecified atom stereocenters. The minimum atomic E-state index is -0.0294. The number of pyridine rings is 2. The molecule has 0 aliphatic carbocycles. The molecule has 3 aromatic rings. The van der Waals surface area contributed by atoms with Gasteiger partial charge in [0.2, 0.25) is 0 Å². The average molecular weight is 408 g/mol. The molecule has 0 spiro atoms. The van der Waals surface area contributed by atoms with E-state index >= 15 is 0 Å². The van der Waals surface area contributed by atoms with Gasteiger partial charge < -0.3 is 19.5 Å². The quantitative estimate of drug-likeness (QED) is 0.631. The van der Waals surface area contributed by atoms with E-state index in [4.69, 9.17) is 17.0 Å². The van der Waals surface area contributed by atoms with Crippen LogP contribution in [0.3, 0.4) is 0 Å². The van der Waals surface area contributed by atoms with Crippen molar-refractivity contribution in [2.75, 3.05) is 20.3 Å². The third kappa shape index (κ3) is 3.63. The van der Waals surface area contributed by atoms with Crippen LogP contribution in [-0.4, -0.2) is 44.8 Å². The first kappa shape index (κ1) is 19.5. The molecule has 4 heterocycles. The summed E-state index contributed by atoms with van der Waals surface area (Å²) in [6.45, 7) is 5.57. The third-order valence-electron chi connectivity index (χ3n) is 5.40. The van der Waals surface area contributed by atoms with Crippen molar-refractivity contribution in [1.82, 2.24) is 24.8 Å². The van der Waals surface area contributed by atoms with Crippen LogP contribution in [0.5, 0.6) is 0 Å². The summed E-state index contributed by atoms with van der Waals surface area (Å²) in [7, 11) is 1.71. The van der Waals surface area contributed by atoms with Crippen molar-refractivity contribution in [2.45, 2.75) is 25.9 Å². The lowest BCUT2D eigenvalue weighted by molar-refractivity contribution is 0.164. The van der Waals surface area contributed by atoms with Crippen molar-refractivity contribution in [1.29, 1.82) is 0 Å². The molecule has 7 heteroatoms. The molecule has 1 saturated heterocycles. The van der Waals surface area contributed by atoms with Gasteiger partial charge in [-0.3, -0.25) is 4.98 Å². The van der Waals surface area contributed by atoms with Crippen molar-refractivity contribution >= 4 is 17.3 Å². The van der Waals surface area contributed by atoms with Crippen LogP contribution in [0.2, 0.25) is 0 Å². The van der Waals surface area contributed by atoms with Crippen molar-refractivity contribution in [3.63, 3.8) is 0 Å². The van der Waals surface area contributed by atoms with Gasteiger partial charge in [0.1, 0.15) is 5.82 Å². The summed E-state index contributed by atoms with van der Waals surface area (Å²) in [6.07, 6.45) is 3.65. The molecule has 1 fully saturated rings. The number of hydrogen-bond acceptors (Lipinski definition) is 4. The topological polar surface area (TPSA) is 55.2 Å². The number of thiocarbonyl (C=S) groups is 1. The van der Waals surface area contributed by atoms with Crippen LogP contribution in [0, 0.1) is 13.8 Å². The van der Waals surface area contributed by atoms with E-state index in [9.17, 15) is 0 Å². The monoisotopic (exact) mass is 407 g/mol. The fourth-order valence-electron chi connectivity index (χ4n) is 4.10. The second-order valence-corrected chi connectivity index (χ2v) is 7.55. The Balaban J connectivity index is 1.81. The highest BCUT2D eigenvalue weighted by molar-refractivity contribution is 7.80. The van der Waals surface area contributed by atoms with E-state index in [1.807, 2.05) is 48.8 Å². The lowest BCUT2D eigenvalue weighted by Gasteiger charge is -2.28. The van der Waals surface area contributed by atoms with Crippen LogP contribution >= 0.6 is 12.2 Å². The van der Waals surface area contributed by atoms with Crippen LogP contribution in [0.15, 0.2) is 54.9 Å². The van der Waals surface area contributed by atoms with Crippen molar-refractivity contribution in [2.24, 2.45) is 0 Å². The van der Waals surface area contributed by atoms with Gasteiger partial charge in [-0.15, -0.1) is 0 Å². The summed E-state index contributed by atoms with van der Waals surface area (Å²) in [5.41, 5.74) is 4.48.